The maximum absolute atomic E-state index is 13.1. The summed E-state index contributed by atoms with van der Waals surface area (Å²) in [5.41, 5.74) is 0.255. The van der Waals surface area contributed by atoms with Crippen molar-refractivity contribution < 1.29 is 23.5 Å². The molecule has 1 aliphatic rings. The summed E-state index contributed by atoms with van der Waals surface area (Å²) in [6.45, 7) is 0.728. The molecule has 1 fully saturated rings. The molecule has 0 spiro atoms. The Morgan fingerprint density at radius 3 is 2.95 bits per heavy atom. The Morgan fingerprint density at radius 1 is 1.47 bits per heavy atom. The first-order chi connectivity index (χ1) is 9.11. The fourth-order valence-electron chi connectivity index (χ4n) is 1.91. The predicted octanol–water partition coefficient (Wildman–Crippen LogP) is 0.840. The lowest BCUT2D eigenvalue weighted by Crippen LogP contribution is -2.48. The van der Waals surface area contributed by atoms with Crippen molar-refractivity contribution in [1.29, 1.82) is 0 Å². The van der Waals surface area contributed by atoms with E-state index in [4.69, 9.17) is 4.74 Å². The molecule has 1 heterocycles. The number of hydrogen-bond donors (Lipinski definition) is 0. The smallest absolute Gasteiger partial charge is 0.336 e. The molecular weight excluding hydrogens is 253 g/mol. The molecule has 0 radical (unpaired) electrons. The van der Waals surface area contributed by atoms with Crippen molar-refractivity contribution in [2.75, 3.05) is 26.8 Å². The first kappa shape index (κ1) is 13.5. The van der Waals surface area contributed by atoms with E-state index in [-0.39, 0.29) is 24.6 Å². The fraction of sp³-hybridized carbons (Fsp3) is 0.385. The van der Waals surface area contributed by atoms with Crippen molar-refractivity contribution in [1.82, 2.24) is 4.90 Å². The van der Waals surface area contributed by atoms with Crippen molar-refractivity contribution in [3.63, 3.8) is 0 Å². The number of nitrogens with zero attached hydrogens (tertiary/aromatic N) is 1. The molecule has 1 aliphatic heterocycles. The van der Waals surface area contributed by atoms with Crippen LogP contribution in [0, 0.1) is 5.82 Å². The van der Waals surface area contributed by atoms with Crippen molar-refractivity contribution in [3.8, 4) is 0 Å². The van der Waals surface area contributed by atoms with E-state index in [0.717, 1.165) is 0 Å². The number of halogens is 1. The molecular formula is C13H14FNO4. The Kier molecular flexibility index (Phi) is 4.11. The lowest BCUT2D eigenvalue weighted by molar-refractivity contribution is -0.158. The molecule has 1 saturated heterocycles. The van der Waals surface area contributed by atoms with Crippen LogP contribution in [0.5, 0.6) is 0 Å². The van der Waals surface area contributed by atoms with Crippen LogP contribution in [-0.2, 0) is 14.3 Å². The highest BCUT2D eigenvalue weighted by atomic mass is 19.1. The number of esters is 1. The van der Waals surface area contributed by atoms with Gasteiger partial charge in [-0.1, -0.05) is 6.07 Å². The van der Waals surface area contributed by atoms with E-state index in [1.807, 2.05) is 0 Å². The van der Waals surface area contributed by atoms with Gasteiger partial charge < -0.3 is 14.4 Å². The normalized spacial score (nSPS) is 19.1. The molecule has 0 saturated carbocycles. The molecule has 19 heavy (non-hydrogen) atoms. The highest BCUT2D eigenvalue weighted by molar-refractivity contribution is 5.94. The van der Waals surface area contributed by atoms with Gasteiger partial charge in [0.15, 0.2) is 6.10 Å². The second kappa shape index (κ2) is 5.79. The van der Waals surface area contributed by atoms with E-state index in [0.29, 0.717) is 6.54 Å². The molecule has 102 valence electrons. The SMILES string of the molecule is COC(=O)C1CN(C(=O)c2cccc(F)c2)CCO1. The second-order valence-electron chi connectivity index (χ2n) is 4.14. The summed E-state index contributed by atoms with van der Waals surface area (Å²) in [7, 11) is 1.26. The first-order valence-electron chi connectivity index (χ1n) is 5.86. The second-order valence-corrected chi connectivity index (χ2v) is 4.14. The Morgan fingerprint density at radius 2 is 2.26 bits per heavy atom. The number of methoxy groups -OCH3 is 1. The summed E-state index contributed by atoms with van der Waals surface area (Å²) in [6, 6.07) is 5.45. The number of amides is 1. The van der Waals surface area contributed by atoms with Crippen molar-refractivity contribution >= 4 is 11.9 Å². The largest absolute Gasteiger partial charge is 0.467 e. The summed E-state index contributed by atoms with van der Waals surface area (Å²) in [5, 5.41) is 0. The van der Waals surface area contributed by atoms with Gasteiger partial charge >= 0.3 is 5.97 Å². The number of morpholine rings is 1. The van der Waals surface area contributed by atoms with Gasteiger partial charge in [-0.15, -0.1) is 0 Å². The van der Waals surface area contributed by atoms with E-state index in [9.17, 15) is 14.0 Å². The molecule has 1 unspecified atom stereocenters. The average molecular weight is 267 g/mol. The van der Waals surface area contributed by atoms with Crippen molar-refractivity contribution in [2.24, 2.45) is 0 Å². The lowest BCUT2D eigenvalue weighted by Gasteiger charge is -2.31. The summed E-state index contributed by atoms with van der Waals surface area (Å²) in [5.74, 6) is -1.31. The van der Waals surface area contributed by atoms with Crippen LogP contribution < -0.4 is 0 Å². The molecule has 0 aromatic heterocycles. The summed E-state index contributed by atoms with van der Waals surface area (Å²) in [4.78, 5) is 25.0. The summed E-state index contributed by atoms with van der Waals surface area (Å²) >= 11 is 0. The van der Waals surface area contributed by atoms with Gasteiger partial charge in [0.1, 0.15) is 5.82 Å². The number of rotatable bonds is 2. The van der Waals surface area contributed by atoms with E-state index in [1.54, 1.807) is 0 Å². The molecule has 2 rings (SSSR count). The molecule has 1 aromatic carbocycles. The number of carbonyl (C=O) groups is 2. The lowest BCUT2D eigenvalue weighted by atomic mass is 10.1. The van der Waals surface area contributed by atoms with Gasteiger partial charge in [-0.2, -0.15) is 0 Å². The van der Waals surface area contributed by atoms with Gasteiger partial charge in [0.25, 0.3) is 5.91 Å². The van der Waals surface area contributed by atoms with E-state index >= 15 is 0 Å². The molecule has 5 nitrogen and oxygen atoms in total. The van der Waals surface area contributed by atoms with Crippen LogP contribution >= 0.6 is 0 Å². The minimum absolute atomic E-state index is 0.113. The number of ether oxygens (including phenoxy) is 2. The van der Waals surface area contributed by atoms with Crippen molar-refractivity contribution in [2.45, 2.75) is 6.10 Å². The molecule has 1 amide bonds. The van der Waals surface area contributed by atoms with Crippen LogP contribution in [0.4, 0.5) is 4.39 Å². The quantitative estimate of drug-likeness (QED) is 0.745. The van der Waals surface area contributed by atoms with Crippen LogP contribution in [0.1, 0.15) is 10.4 Å². The maximum Gasteiger partial charge on any atom is 0.336 e. The number of carbonyl (C=O) groups excluding carboxylic acids is 2. The van der Waals surface area contributed by atoms with Gasteiger partial charge in [-0.3, -0.25) is 4.79 Å². The Bertz CT molecular complexity index is 491. The topological polar surface area (TPSA) is 55.8 Å². The highest BCUT2D eigenvalue weighted by Gasteiger charge is 2.30. The van der Waals surface area contributed by atoms with Crippen LogP contribution in [0.15, 0.2) is 24.3 Å². The highest BCUT2D eigenvalue weighted by Crippen LogP contribution is 2.12. The van der Waals surface area contributed by atoms with Crippen molar-refractivity contribution in [3.05, 3.63) is 35.6 Å². The third-order valence-corrected chi connectivity index (χ3v) is 2.89. The van der Waals surface area contributed by atoms with Gasteiger partial charge in [0.05, 0.1) is 20.3 Å². The van der Waals surface area contributed by atoms with Crippen LogP contribution in [0.3, 0.4) is 0 Å². The zero-order chi connectivity index (χ0) is 13.8. The average Bonchev–Trinajstić information content (AvgIpc) is 2.45. The standard InChI is InChI=1S/C13H14FNO4/c1-18-13(17)11-8-15(5-6-19-11)12(16)9-3-2-4-10(14)7-9/h2-4,7,11H,5-6,8H2,1H3. The van der Waals surface area contributed by atoms with Crippen LogP contribution in [0.2, 0.25) is 0 Å². The van der Waals surface area contributed by atoms with E-state index in [2.05, 4.69) is 4.74 Å². The Hall–Kier alpha value is -1.95. The Balaban J connectivity index is 2.09. The predicted molar refractivity (Wildman–Crippen MR) is 64.1 cm³/mol. The van der Waals surface area contributed by atoms with Crippen LogP contribution in [-0.4, -0.2) is 49.7 Å². The summed E-state index contributed by atoms with van der Waals surface area (Å²) < 4.78 is 22.9. The van der Waals surface area contributed by atoms with Gasteiger partial charge in [0.2, 0.25) is 0 Å². The van der Waals surface area contributed by atoms with Gasteiger partial charge in [-0.25, -0.2) is 9.18 Å². The van der Waals surface area contributed by atoms with E-state index < -0.39 is 17.9 Å². The third kappa shape index (κ3) is 3.08. The zero-order valence-corrected chi connectivity index (χ0v) is 10.5. The number of hydrogen-bond acceptors (Lipinski definition) is 4. The maximum atomic E-state index is 13.1. The van der Waals surface area contributed by atoms with Gasteiger partial charge in [-0.05, 0) is 18.2 Å². The van der Waals surface area contributed by atoms with E-state index in [1.165, 1.54) is 36.3 Å². The fourth-order valence-corrected chi connectivity index (χ4v) is 1.91. The minimum Gasteiger partial charge on any atom is -0.467 e. The minimum atomic E-state index is -0.781. The molecule has 6 heteroatoms. The third-order valence-electron chi connectivity index (χ3n) is 2.89. The summed E-state index contributed by atoms with van der Waals surface area (Å²) in [6.07, 6.45) is -0.781. The molecule has 1 aromatic rings. The monoisotopic (exact) mass is 267 g/mol. The molecule has 0 aliphatic carbocycles. The molecule has 0 bridgehead atoms. The molecule has 1 atom stereocenters. The first-order valence-corrected chi connectivity index (χ1v) is 5.86. The molecule has 0 N–H and O–H groups in total. The van der Waals surface area contributed by atoms with Crippen LogP contribution in [0.25, 0.3) is 0 Å². The number of benzene rings is 1. The Labute approximate surface area is 109 Å². The zero-order valence-electron chi connectivity index (χ0n) is 10.5. The van der Waals surface area contributed by atoms with Gasteiger partial charge in [0, 0.05) is 12.1 Å².